The van der Waals surface area contributed by atoms with Crippen molar-refractivity contribution in [3.8, 4) is 5.75 Å². The molecule has 5 rings (SSSR count). The van der Waals surface area contributed by atoms with Gasteiger partial charge in [-0.3, -0.25) is 9.59 Å². The van der Waals surface area contributed by atoms with E-state index in [4.69, 9.17) is 4.74 Å². The molecule has 6 heteroatoms. The number of carbonyl (C=O) groups is 3. The third-order valence-electron chi connectivity index (χ3n) is 5.96. The van der Waals surface area contributed by atoms with Gasteiger partial charge in [-0.1, -0.05) is 18.2 Å². The van der Waals surface area contributed by atoms with Crippen LogP contribution in [0.25, 0.3) is 0 Å². The number of carbonyl (C=O) groups excluding carboxylic acids is 3. The molecule has 3 fully saturated rings. The third kappa shape index (κ3) is 2.18. The number of thiophene rings is 1. The number of amides is 2. The molecule has 1 aromatic carbocycles. The summed E-state index contributed by atoms with van der Waals surface area (Å²) in [5.41, 5.74) is 0.376. The second-order valence-electron chi connectivity index (χ2n) is 7.23. The van der Waals surface area contributed by atoms with E-state index in [2.05, 4.69) is 0 Å². The average Bonchev–Trinajstić information content (AvgIpc) is 3.41. The number of hydrogen-bond donors (Lipinski definition) is 0. The van der Waals surface area contributed by atoms with Gasteiger partial charge in [0.2, 0.25) is 11.8 Å². The molecule has 3 aliphatic rings. The van der Waals surface area contributed by atoms with Gasteiger partial charge in [0.15, 0.2) is 5.75 Å². The molecule has 132 valence electrons. The van der Waals surface area contributed by atoms with E-state index in [1.165, 1.54) is 16.2 Å². The Bertz CT molecular complexity index is 878. The summed E-state index contributed by atoms with van der Waals surface area (Å²) in [5.74, 6) is -0.227. The molecule has 0 radical (unpaired) electrons. The highest BCUT2D eigenvalue weighted by atomic mass is 32.1. The van der Waals surface area contributed by atoms with Crippen LogP contribution in [0, 0.1) is 23.7 Å². The number of hydrogen-bond acceptors (Lipinski definition) is 5. The standard InChI is InChI=1S/C20H17NO4S/c22-18-16-11-7-8-12(10-11)17(16)19(23)21(18)13-4-1-2-5-14(13)25-20(24)15-6-3-9-26-15/h1-6,9,11-12,16-17H,7-8,10H2/t11-,12+,16-,17+. The number of esters is 1. The molecular weight excluding hydrogens is 350 g/mol. The van der Waals surface area contributed by atoms with Crippen molar-refractivity contribution in [3.63, 3.8) is 0 Å². The first kappa shape index (κ1) is 15.8. The molecule has 2 heterocycles. The van der Waals surface area contributed by atoms with E-state index in [1.807, 2.05) is 0 Å². The highest BCUT2D eigenvalue weighted by molar-refractivity contribution is 7.12. The Morgan fingerprint density at radius 3 is 2.35 bits per heavy atom. The minimum Gasteiger partial charge on any atom is -0.420 e. The molecular formula is C20H17NO4S. The highest BCUT2D eigenvalue weighted by Crippen LogP contribution is 2.57. The van der Waals surface area contributed by atoms with Crippen LogP contribution in [0.3, 0.4) is 0 Å². The van der Waals surface area contributed by atoms with E-state index in [0.29, 0.717) is 22.4 Å². The van der Waals surface area contributed by atoms with Crippen LogP contribution in [0.4, 0.5) is 5.69 Å². The lowest BCUT2D eigenvalue weighted by atomic mass is 9.81. The maximum Gasteiger partial charge on any atom is 0.353 e. The molecule has 1 aliphatic heterocycles. The topological polar surface area (TPSA) is 63.7 Å². The Morgan fingerprint density at radius 1 is 1.00 bits per heavy atom. The number of rotatable bonds is 3. The molecule has 2 amide bonds. The van der Waals surface area contributed by atoms with Crippen molar-refractivity contribution < 1.29 is 19.1 Å². The number of fused-ring (bicyclic) bond motifs is 5. The summed E-state index contributed by atoms with van der Waals surface area (Å²) < 4.78 is 5.52. The van der Waals surface area contributed by atoms with Crippen LogP contribution >= 0.6 is 11.3 Å². The monoisotopic (exact) mass is 367 g/mol. The van der Waals surface area contributed by atoms with E-state index in [1.54, 1.807) is 41.8 Å². The molecule has 2 bridgehead atoms. The van der Waals surface area contributed by atoms with Crippen LogP contribution in [0.1, 0.15) is 28.9 Å². The number of ether oxygens (including phenoxy) is 1. The van der Waals surface area contributed by atoms with Crippen LogP contribution in [0.15, 0.2) is 41.8 Å². The summed E-state index contributed by atoms with van der Waals surface area (Å²) in [6.45, 7) is 0. The molecule has 2 aromatic rings. The Morgan fingerprint density at radius 2 is 1.69 bits per heavy atom. The quantitative estimate of drug-likeness (QED) is 0.473. The molecule has 5 nitrogen and oxygen atoms in total. The lowest BCUT2D eigenvalue weighted by Crippen LogP contribution is -2.33. The van der Waals surface area contributed by atoms with Gasteiger partial charge in [0.25, 0.3) is 0 Å². The molecule has 0 unspecified atom stereocenters. The smallest absolute Gasteiger partial charge is 0.353 e. The largest absolute Gasteiger partial charge is 0.420 e. The summed E-state index contributed by atoms with van der Waals surface area (Å²) in [5, 5.41) is 1.80. The molecule has 1 aromatic heterocycles. The predicted octanol–water partition coefficient (Wildman–Crippen LogP) is 3.50. The van der Waals surface area contributed by atoms with Crippen molar-refractivity contribution in [1.82, 2.24) is 0 Å². The fraction of sp³-hybridized carbons (Fsp3) is 0.350. The normalized spacial score (nSPS) is 29.3. The van der Waals surface area contributed by atoms with Crippen molar-refractivity contribution in [2.24, 2.45) is 23.7 Å². The van der Waals surface area contributed by atoms with Gasteiger partial charge in [0, 0.05) is 0 Å². The fourth-order valence-electron chi connectivity index (χ4n) is 4.92. The lowest BCUT2D eigenvalue weighted by Gasteiger charge is -2.19. The number of benzene rings is 1. The predicted molar refractivity (Wildman–Crippen MR) is 96.0 cm³/mol. The van der Waals surface area contributed by atoms with Gasteiger partial charge < -0.3 is 4.74 Å². The van der Waals surface area contributed by atoms with Gasteiger partial charge in [0.05, 0.1) is 17.5 Å². The average molecular weight is 367 g/mol. The van der Waals surface area contributed by atoms with Crippen molar-refractivity contribution in [3.05, 3.63) is 46.7 Å². The Hall–Kier alpha value is -2.47. The summed E-state index contributed by atoms with van der Waals surface area (Å²) in [7, 11) is 0. The van der Waals surface area contributed by atoms with Crippen molar-refractivity contribution >= 4 is 34.8 Å². The van der Waals surface area contributed by atoms with E-state index in [0.717, 1.165) is 19.3 Å². The van der Waals surface area contributed by atoms with Gasteiger partial charge in [-0.05, 0) is 54.7 Å². The van der Waals surface area contributed by atoms with E-state index < -0.39 is 5.97 Å². The SMILES string of the molecule is O=C(Oc1ccccc1N1C(=O)[C@@H]2[C@@H]3CC[C@@H](C3)[C@@H]2C1=O)c1cccs1. The minimum absolute atomic E-state index is 0.133. The number of imide groups is 1. The number of anilines is 1. The molecule has 4 atom stereocenters. The first-order chi connectivity index (χ1) is 12.6. The van der Waals surface area contributed by atoms with Gasteiger partial charge >= 0.3 is 5.97 Å². The summed E-state index contributed by atoms with van der Waals surface area (Å²) >= 11 is 1.29. The zero-order valence-electron chi connectivity index (χ0n) is 14.0. The van der Waals surface area contributed by atoms with Crippen LogP contribution in [-0.2, 0) is 9.59 Å². The highest BCUT2D eigenvalue weighted by Gasteiger charge is 2.61. The van der Waals surface area contributed by atoms with Gasteiger partial charge in [-0.25, -0.2) is 9.69 Å². The van der Waals surface area contributed by atoms with Crippen molar-refractivity contribution in [2.75, 3.05) is 4.90 Å². The van der Waals surface area contributed by atoms with Crippen LogP contribution in [0.5, 0.6) is 5.75 Å². The van der Waals surface area contributed by atoms with E-state index >= 15 is 0 Å². The molecule has 0 spiro atoms. The second-order valence-corrected chi connectivity index (χ2v) is 8.18. The van der Waals surface area contributed by atoms with Crippen molar-refractivity contribution in [2.45, 2.75) is 19.3 Å². The van der Waals surface area contributed by atoms with Gasteiger partial charge in [-0.15, -0.1) is 11.3 Å². The summed E-state index contributed by atoms with van der Waals surface area (Å²) in [6.07, 6.45) is 3.07. The summed E-state index contributed by atoms with van der Waals surface area (Å²) in [6, 6.07) is 10.2. The number of para-hydroxylation sites is 2. The third-order valence-corrected chi connectivity index (χ3v) is 6.81. The minimum atomic E-state index is -0.480. The zero-order valence-corrected chi connectivity index (χ0v) is 14.8. The van der Waals surface area contributed by atoms with Crippen LogP contribution in [0.2, 0.25) is 0 Å². The molecule has 1 saturated heterocycles. The van der Waals surface area contributed by atoms with Crippen molar-refractivity contribution in [1.29, 1.82) is 0 Å². The van der Waals surface area contributed by atoms with E-state index in [9.17, 15) is 14.4 Å². The maximum absolute atomic E-state index is 13.0. The first-order valence-electron chi connectivity index (χ1n) is 8.87. The first-order valence-corrected chi connectivity index (χ1v) is 9.75. The second kappa shape index (κ2) is 5.77. The van der Waals surface area contributed by atoms with E-state index in [-0.39, 0.29) is 29.4 Å². The number of nitrogens with zero attached hydrogens (tertiary/aromatic N) is 1. The Kier molecular flexibility index (Phi) is 3.50. The molecule has 26 heavy (non-hydrogen) atoms. The van der Waals surface area contributed by atoms with Crippen LogP contribution in [-0.4, -0.2) is 17.8 Å². The van der Waals surface area contributed by atoms with Gasteiger partial charge in [0.1, 0.15) is 4.88 Å². The molecule has 2 aliphatic carbocycles. The maximum atomic E-state index is 13.0. The fourth-order valence-corrected chi connectivity index (χ4v) is 5.52. The van der Waals surface area contributed by atoms with Crippen LogP contribution < -0.4 is 9.64 Å². The molecule has 2 saturated carbocycles. The van der Waals surface area contributed by atoms with Gasteiger partial charge in [-0.2, -0.15) is 0 Å². The summed E-state index contributed by atoms with van der Waals surface area (Å²) in [4.78, 5) is 40.1. The lowest BCUT2D eigenvalue weighted by molar-refractivity contribution is -0.123. The Labute approximate surface area is 154 Å². The Balaban J connectivity index is 1.48. The zero-order chi connectivity index (χ0) is 17.8. The molecule has 0 N–H and O–H groups in total.